The van der Waals surface area contributed by atoms with Crippen LogP contribution in [-0.2, 0) is 11.3 Å². The maximum atomic E-state index is 13.0. The summed E-state index contributed by atoms with van der Waals surface area (Å²) in [7, 11) is 0. The van der Waals surface area contributed by atoms with E-state index in [1.807, 2.05) is 6.07 Å². The molecule has 100 valence electrons. The van der Waals surface area contributed by atoms with Crippen LogP contribution in [0.3, 0.4) is 0 Å². The molecule has 4 heteroatoms. The van der Waals surface area contributed by atoms with Crippen molar-refractivity contribution in [1.82, 2.24) is 0 Å². The van der Waals surface area contributed by atoms with Crippen molar-refractivity contribution in [3.05, 3.63) is 71.8 Å². The Morgan fingerprint density at radius 3 is 1.89 bits per heavy atom. The van der Waals surface area contributed by atoms with Crippen LogP contribution in [0.4, 0.5) is 13.2 Å². The highest BCUT2D eigenvalue weighted by molar-refractivity contribution is 5.19. The number of hydrogen-bond acceptors (Lipinski definition) is 1. The Morgan fingerprint density at radius 1 is 0.842 bits per heavy atom. The van der Waals surface area contributed by atoms with E-state index in [4.69, 9.17) is 4.74 Å². The average Bonchev–Trinajstić information content (AvgIpc) is 2.40. The fourth-order valence-corrected chi connectivity index (χ4v) is 1.76. The maximum absolute atomic E-state index is 13.0. The zero-order chi connectivity index (χ0) is 13.7. The Labute approximate surface area is 109 Å². The highest BCUT2D eigenvalue weighted by Crippen LogP contribution is 2.36. The quantitative estimate of drug-likeness (QED) is 0.791. The van der Waals surface area contributed by atoms with Crippen LogP contribution in [0.25, 0.3) is 0 Å². The van der Waals surface area contributed by atoms with Gasteiger partial charge in [-0.15, -0.1) is 0 Å². The van der Waals surface area contributed by atoms with E-state index in [-0.39, 0.29) is 12.2 Å². The molecule has 0 aliphatic rings. The molecule has 0 fully saturated rings. The van der Waals surface area contributed by atoms with Gasteiger partial charge in [0, 0.05) is 0 Å². The predicted molar refractivity (Wildman–Crippen MR) is 66.5 cm³/mol. The molecule has 0 N–H and O–H groups in total. The van der Waals surface area contributed by atoms with Crippen molar-refractivity contribution in [2.45, 2.75) is 18.9 Å². The molecule has 1 atom stereocenters. The molecule has 0 aliphatic carbocycles. The van der Waals surface area contributed by atoms with E-state index in [1.165, 1.54) is 12.1 Å². The van der Waals surface area contributed by atoms with Crippen LogP contribution in [-0.4, -0.2) is 6.18 Å². The first-order valence-electron chi connectivity index (χ1n) is 5.84. The van der Waals surface area contributed by atoms with Gasteiger partial charge in [0.1, 0.15) is 0 Å². The van der Waals surface area contributed by atoms with E-state index in [0.29, 0.717) is 5.56 Å². The van der Waals surface area contributed by atoms with Crippen LogP contribution in [0.2, 0.25) is 0 Å². The Morgan fingerprint density at radius 2 is 1.37 bits per heavy atom. The molecule has 1 nitrogen and oxygen atoms in total. The van der Waals surface area contributed by atoms with Gasteiger partial charge in [0.2, 0.25) is 0 Å². The van der Waals surface area contributed by atoms with Gasteiger partial charge in [0.15, 0.2) is 6.10 Å². The van der Waals surface area contributed by atoms with Gasteiger partial charge >= 0.3 is 6.18 Å². The van der Waals surface area contributed by atoms with Gasteiger partial charge in [-0.3, -0.25) is 0 Å². The van der Waals surface area contributed by atoms with Gasteiger partial charge in [-0.2, -0.15) is 13.2 Å². The minimum absolute atomic E-state index is 0.0695. The Bertz CT molecular complexity index is 494. The number of alkyl halides is 3. The standard InChI is InChI=1S/C15H13F3O/c16-15(17,18)14(13-9-5-2-6-10-13)19-11-12-7-3-1-4-8-12/h1-10,14H,11H2. The molecular formula is C15H13F3O. The number of hydrogen-bond donors (Lipinski definition) is 0. The van der Waals surface area contributed by atoms with E-state index < -0.39 is 12.3 Å². The Kier molecular flexibility index (Phi) is 4.22. The highest BCUT2D eigenvalue weighted by Gasteiger charge is 2.41. The van der Waals surface area contributed by atoms with Crippen LogP contribution in [0, 0.1) is 0 Å². The molecule has 1 unspecified atom stereocenters. The van der Waals surface area contributed by atoms with E-state index in [0.717, 1.165) is 0 Å². The van der Waals surface area contributed by atoms with Crippen LogP contribution < -0.4 is 0 Å². The monoisotopic (exact) mass is 266 g/mol. The second kappa shape index (κ2) is 5.89. The molecule has 0 aliphatic heterocycles. The smallest absolute Gasteiger partial charge is 0.359 e. The van der Waals surface area contributed by atoms with Crippen molar-refractivity contribution in [1.29, 1.82) is 0 Å². The van der Waals surface area contributed by atoms with Crippen molar-refractivity contribution in [3.63, 3.8) is 0 Å². The van der Waals surface area contributed by atoms with Gasteiger partial charge in [0.25, 0.3) is 0 Å². The molecule has 2 rings (SSSR count). The normalized spacial score (nSPS) is 13.2. The predicted octanol–water partition coefficient (Wildman–Crippen LogP) is 4.51. The summed E-state index contributed by atoms with van der Waals surface area (Å²) in [6.45, 7) is -0.0695. The fourth-order valence-electron chi connectivity index (χ4n) is 1.76. The minimum atomic E-state index is -4.42. The molecule has 0 bridgehead atoms. The molecule has 19 heavy (non-hydrogen) atoms. The third kappa shape index (κ3) is 3.83. The molecular weight excluding hydrogens is 253 g/mol. The second-order valence-corrected chi connectivity index (χ2v) is 4.13. The van der Waals surface area contributed by atoms with Crippen molar-refractivity contribution < 1.29 is 17.9 Å². The lowest BCUT2D eigenvalue weighted by atomic mass is 10.1. The Hall–Kier alpha value is -1.81. The molecule has 2 aromatic rings. The molecule has 0 radical (unpaired) electrons. The summed E-state index contributed by atoms with van der Waals surface area (Å²) in [6, 6.07) is 16.5. The first kappa shape index (κ1) is 13.6. The summed E-state index contributed by atoms with van der Waals surface area (Å²) >= 11 is 0. The summed E-state index contributed by atoms with van der Waals surface area (Å²) in [5, 5.41) is 0. The lowest BCUT2D eigenvalue weighted by Gasteiger charge is -2.21. The van der Waals surface area contributed by atoms with E-state index in [9.17, 15) is 13.2 Å². The molecule has 0 saturated heterocycles. The average molecular weight is 266 g/mol. The first-order chi connectivity index (χ1) is 9.07. The van der Waals surface area contributed by atoms with E-state index in [2.05, 4.69) is 0 Å². The van der Waals surface area contributed by atoms with Gasteiger partial charge in [-0.05, 0) is 11.1 Å². The third-order valence-electron chi connectivity index (χ3n) is 2.66. The zero-order valence-corrected chi connectivity index (χ0v) is 10.1. The van der Waals surface area contributed by atoms with Gasteiger partial charge in [0.05, 0.1) is 6.61 Å². The maximum Gasteiger partial charge on any atom is 0.418 e. The molecule has 0 heterocycles. The highest BCUT2D eigenvalue weighted by atomic mass is 19.4. The Balaban J connectivity index is 2.12. The molecule has 0 spiro atoms. The number of halogens is 3. The van der Waals surface area contributed by atoms with E-state index in [1.54, 1.807) is 42.5 Å². The van der Waals surface area contributed by atoms with E-state index >= 15 is 0 Å². The summed E-state index contributed by atoms with van der Waals surface area (Å²) in [5.74, 6) is 0. The van der Waals surface area contributed by atoms with Crippen molar-refractivity contribution in [3.8, 4) is 0 Å². The number of rotatable bonds is 4. The van der Waals surface area contributed by atoms with Crippen LogP contribution in [0.1, 0.15) is 17.2 Å². The van der Waals surface area contributed by atoms with Gasteiger partial charge < -0.3 is 4.74 Å². The summed E-state index contributed by atoms with van der Waals surface area (Å²) < 4.78 is 44.0. The molecule has 0 saturated carbocycles. The van der Waals surface area contributed by atoms with Crippen LogP contribution in [0.15, 0.2) is 60.7 Å². The van der Waals surface area contributed by atoms with Gasteiger partial charge in [-0.25, -0.2) is 0 Å². The lowest BCUT2D eigenvalue weighted by molar-refractivity contribution is -0.227. The summed E-state index contributed by atoms with van der Waals surface area (Å²) in [5.41, 5.74) is 0.832. The third-order valence-corrected chi connectivity index (χ3v) is 2.66. The SMILES string of the molecule is FC(F)(F)C(OCc1ccccc1)c1ccccc1. The minimum Gasteiger partial charge on any atom is -0.359 e. The zero-order valence-electron chi connectivity index (χ0n) is 10.1. The van der Waals surface area contributed by atoms with Crippen molar-refractivity contribution >= 4 is 0 Å². The lowest BCUT2D eigenvalue weighted by Crippen LogP contribution is -2.23. The van der Waals surface area contributed by atoms with Gasteiger partial charge in [-0.1, -0.05) is 60.7 Å². The summed E-state index contributed by atoms with van der Waals surface area (Å²) in [4.78, 5) is 0. The molecule has 0 amide bonds. The topological polar surface area (TPSA) is 9.23 Å². The van der Waals surface area contributed by atoms with Crippen LogP contribution >= 0.6 is 0 Å². The molecule has 0 aromatic heterocycles. The van der Waals surface area contributed by atoms with Crippen molar-refractivity contribution in [2.24, 2.45) is 0 Å². The number of ether oxygens (including phenoxy) is 1. The number of benzene rings is 2. The van der Waals surface area contributed by atoms with Crippen LogP contribution in [0.5, 0.6) is 0 Å². The largest absolute Gasteiger partial charge is 0.418 e. The fraction of sp³-hybridized carbons (Fsp3) is 0.200. The summed E-state index contributed by atoms with van der Waals surface area (Å²) in [6.07, 6.45) is -6.32. The second-order valence-electron chi connectivity index (χ2n) is 4.13. The van der Waals surface area contributed by atoms with Crippen molar-refractivity contribution in [2.75, 3.05) is 0 Å². The first-order valence-corrected chi connectivity index (χ1v) is 5.84. The molecule has 2 aromatic carbocycles.